The Morgan fingerprint density at radius 2 is 1.54 bits per heavy atom. The number of hydrogen-bond acceptors (Lipinski definition) is 8. The van der Waals surface area contributed by atoms with Crippen molar-refractivity contribution >= 4 is 45.6 Å². The molecule has 0 radical (unpaired) electrons. The molecule has 0 fully saturated rings. The van der Waals surface area contributed by atoms with Crippen LogP contribution in [-0.4, -0.2) is 59.9 Å². The molecule has 152 valence electrons. The van der Waals surface area contributed by atoms with Crippen molar-refractivity contribution in [2.45, 2.75) is 32.9 Å². The Balaban J connectivity index is 2.31. The normalized spacial score (nSPS) is 16.0. The maximum Gasteiger partial charge on any atom is 0.326 e. The van der Waals surface area contributed by atoms with Gasteiger partial charge in [0.1, 0.15) is 6.04 Å². The summed E-state index contributed by atoms with van der Waals surface area (Å²) in [5.41, 5.74) is 1.08. The largest absolute Gasteiger partial charge is 0.504 e. The predicted molar refractivity (Wildman–Crippen MR) is 105 cm³/mol. The average molecular weight is 428 g/mol. The van der Waals surface area contributed by atoms with Crippen molar-refractivity contribution in [3.63, 3.8) is 0 Å². The summed E-state index contributed by atoms with van der Waals surface area (Å²) in [5.74, 6) is -2.78. The molecule has 1 atom stereocenters. The van der Waals surface area contributed by atoms with Gasteiger partial charge in [0.2, 0.25) is 5.91 Å². The van der Waals surface area contributed by atoms with E-state index >= 15 is 0 Å². The Hall–Kier alpha value is -2.20. The standard InChI is InChI=1S/C18H21NO7S2/c1-9(20)27-7-13(8-28-10(2)21)17(24)19-6-12-5-16(23)15(22)4-11(12)3-14(19)18(25)26/h4-5,13-14,22-23H,3,6-8H2,1-2H3,(H,25,26)/t14-/m0/s1. The number of phenols is 2. The molecule has 28 heavy (non-hydrogen) atoms. The van der Waals surface area contributed by atoms with Gasteiger partial charge in [-0.15, -0.1) is 0 Å². The molecule has 2 rings (SSSR count). The van der Waals surface area contributed by atoms with Crippen LogP contribution in [0, 0.1) is 5.92 Å². The maximum absolute atomic E-state index is 13.1. The molecule has 3 N–H and O–H groups in total. The third-order valence-electron chi connectivity index (χ3n) is 4.32. The molecule has 1 aliphatic heterocycles. The van der Waals surface area contributed by atoms with E-state index in [9.17, 15) is 34.5 Å². The fourth-order valence-electron chi connectivity index (χ4n) is 2.93. The molecular formula is C18H21NO7S2. The predicted octanol–water partition coefficient (Wildman–Crippen LogP) is 1.61. The molecule has 1 heterocycles. The van der Waals surface area contributed by atoms with E-state index in [-0.39, 0.29) is 46.2 Å². The minimum Gasteiger partial charge on any atom is -0.504 e. The van der Waals surface area contributed by atoms with Gasteiger partial charge >= 0.3 is 5.97 Å². The smallest absolute Gasteiger partial charge is 0.326 e. The number of hydrogen-bond donors (Lipinski definition) is 3. The summed E-state index contributed by atoms with van der Waals surface area (Å²) >= 11 is 1.90. The lowest BCUT2D eigenvalue weighted by atomic mass is 9.92. The molecular weight excluding hydrogens is 406 g/mol. The summed E-state index contributed by atoms with van der Waals surface area (Å²) < 4.78 is 0. The van der Waals surface area contributed by atoms with Crippen LogP contribution in [0.4, 0.5) is 0 Å². The van der Waals surface area contributed by atoms with Gasteiger partial charge in [-0.25, -0.2) is 4.79 Å². The second-order valence-electron chi connectivity index (χ2n) is 6.44. The molecule has 1 amide bonds. The van der Waals surface area contributed by atoms with Crippen LogP contribution in [0.1, 0.15) is 25.0 Å². The minimum atomic E-state index is -1.19. The summed E-state index contributed by atoms with van der Waals surface area (Å²) in [6, 6.07) is 1.47. The number of amides is 1. The van der Waals surface area contributed by atoms with E-state index in [0.29, 0.717) is 11.1 Å². The van der Waals surface area contributed by atoms with Gasteiger partial charge in [-0.05, 0) is 23.3 Å². The van der Waals surface area contributed by atoms with Crippen LogP contribution in [0.15, 0.2) is 12.1 Å². The first-order valence-electron chi connectivity index (χ1n) is 8.43. The average Bonchev–Trinajstić information content (AvgIpc) is 2.60. The van der Waals surface area contributed by atoms with Crippen LogP contribution in [0.5, 0.6) is 11.5 Å². The van der Waals surface area contributed by atoms with E-state index in [1.54, 1.807) is 0 Å². The number of aromatic hydroxyl groups is 2. The third-order valence-corrected chi connectivity index (χ3v) is 6.27. The van der Waals surface area contributed by atoms with Gasteiger partial charge in [-0.1, -0.05) is 23.5 Å². The van der Waals surface area contributed by atoms with Gasteiger partial charge in [0.05, 0.1) is 5.92 Å². The highest BCUT2D eigenvalue weighted by Crippen LogP contribution is 2.34. The first-order valence-corrected chi connectivity index (χ1v) is 10.4. The van der Waals surface area contributed by atoms with E-state index in [4.69, 9.17) is 0 Å². The zero-order valence-corrected chi connectivity index (χ0v) is 17.0. The highest BCUT2D eigenvalue weighted by molar-refractivity contribution is 8.14. The summed E-state index contributed by atoms with van der Waals surface area (Å²) in [7, 11) is 0. The number of rotatable bonds is 6. The molecule has 0 aromatic heterocycles. The zero-order chi connectivity index (χ0) is 21.0. The van der Waals surface area contributed by atoms with Crippen molar-refractivity contribution in [1.82, 2.24) is 4.90 Å². The SMILES string of the molecule is CC(=O)SCC(CSC(C)=O)C(=O)N1Cc2cc(O)c(O)cc2C[C@H]1C(=O)O. The summed E-state index contributed by atoms with van der Waals surface area (Å²) in [4.78, 5) is 48.7. The fraction of sp³-hybridized carbons (Fsp3) is 0.444. The molecule has 0 aliphatic carbocycles. The quantitative estimate of drug-likeness (QED) is 0.579. The molecule has 0 bridgehead atoms. The minimum absolute atomic E-state index is 0.0172. The molecule has 1 aromatic carbocycles. The van der Waals surface area contributed by atoms with Gasteiger partial charge < -0.3 is 20.2 Å². The van der Waals surface area contributed by atoms with E-state index in [1.807, 2.05) is 0 Å². The molecule has 1 aromatic rings. The molecule has 8 nitrogen and oxygen atoms in total. The number of thioether (sulfide) groups is 2. The van der Waals surface area contributed by atoms with Crippen molar-refractivity contribution < 1.29 is 34.5 Å². The number of carbonyl (C=O) groups excluding carboxylic acids is 3. The molecule has 0 saturated heterocycles. The number of carboxylic acid groups (broad SMARTS) is 1. The van der Waals surface area contributed by atoms with Gasteiger partial charge in [-0.3, -0.25) is 14.4 Å². The Labute approximate surface area is 170 Å². The number of nitrogens with zero attached hydrogens (tertiary/aromatic N) is 1. The molecule has 1 aliphatic rings. The molecule has 0 unspecified atom stereocenters. The number of carboxylic acids is 1. The molecule has 0 saturated carbocycles. The number of aliphatic carboxylic acids is 1. The maximum atomic E-state index is 13.1. The lowest BCUT2D eigenvalue weighted by Crippen LogP contribution is -2.51. The van der Waals surface area contributed by atoms with Crippen LogP contribution < -0.4 is 0 Å². The lowest BCUT2D eigenvalue weighted by Gasteiger charge is -2.36. The second-order valence-corrected chi connectivity index (χ2v) is 8.83. The van der Waals surface area contributed by atoms with E-state index in [1.165, 1.54) is 30.9 Å². The van der Waals surface area contributed by atoms with E-state index in [2.05, 4.69) is 0 Å². The van der Waals surface area contributed by atoms with Crippen molar-refractivity contribution in [2.75, 3.05) is 11.5 Å². The van der Waals surface area contributed by atoms with Crippen LogP contribution in [0.25, 0.3) is 0 Å². The second kappa shape index (κ2) is 9.33. The van der Waals surface area contributed by atoms with Crippen molar-refractivity contribution in [1.29, 1.82) is 0 Å². The van der Waals surface area contributed by atoms with Gasteiger partial charge in [0.15, 0.2) is 21.7 Å². The topological polar surface area (TPSA) is 132 Å². The fourth-order valence-corrected chi connectivity index (χ4v) is 4.47. The first kappa shape index (κ1) is 22.1. The number of benzene rings is 1. The Morgan fingerprint density at radius 1 is 1.04 bits per heavy atom. The number of carbonyl (C=O) groups is 4. The van der Waals surface area contributed by atoms with Crippen LogP contribution in [-0.2, 0) is 32.1 Å². The molecule has 10 heteroatoms. The summed E-state index contributed by atoms with van der Waals surface area (Å²) in [6.07, 6.45) is -0.0172. The van der Waals surface area contributed by atoms with Crippen LogP contribution in [0.3, 0.4) is 0 Å². The highest BCUT2D eigenvalue weighted by Gasteiger charge is 2.38. The van der Waals surface area contributed by atoms with Crippen molar-refractivity contribution in [3.05, 3.63) is 23.3 Å². The van der Waals surface area contributed by atoms with Crippen molar-refractivity contribution in [3.8, 4) is 11.5 Å². The highest BCUT2D eigenvalue weighted by atomic mass is 32.2. The van der Waals surface area contributed by atoms with E-state index < -0.39 is 23.8 Å². The Kier molecular flexibility index (Phi) is 7.36. The number of phenolic OH excluding ortho intramolecular Hbond substituents is 2. The summed E-state index contributed by atoms with van der Waals surface area (Å²) in [5, 5.41) is 28.6. The Morgan fingerprint density at radius 3 is 2.00 bits per heavy atom. The van der Waals surface area contributed by atoms with Gasteiger partial charge in [0.25, 0.3) is 0 Å². The monoisotopic (exact) mass is 427 g/mol. The van der Waals surface area contributed by atoms with E-state index in [0.717, 1.165) is 23.5 Å². The molecule has 0 spiro atoms. The van der Waals surface area contributed by atoms with Crippen molar-refractivity contribution in [2.24, 2.45) is 5.92 Å². The van der Waals surface area contributed by atoms with Crippen LogP contribution in [0.2, 0.25) is 0 Å². The third kappa shape index (κ3) is 5.41. The summed E-state index contributed by atoms with van der Waals surface area (Å²) in [6.45, 7) is 2.69. The lowest BCUT2D eigenvalue weighted by molar-refractivity contribution is -0.152. The Bertz CT molecular complexity index is 793. The number of fused-ring (bicyclic) bond motifs is 1. The van der Waals surface area contributed by atoms with Gasteiger partial charge in [-0.2, -0.15) is 0 Å². The first-order chi connectivity index (χ1) is 13.1. The van der Waals surface area contributed by atoms with Crippen LogP contribution >= 0.6 is 23.5 Å². The zero-order valence-electron chi connectivity index (χ0n) is 15.4. The van der Waals surface area contributed by atoms with Gasteiger partial charge in [0, 0.05) is 38.3 Å².